The fourth-order valence-corrected chi connectivity index (χ4v) is 1.64. The quantitative estimate of drug-likeness (QED) is 0.913. The van der Waals surface area contributed by atoms with Gasteiger partial charge in [0.1, 0.15) is 5.82 Å². The van der Waals surface area contributed by atoms with Crippen molar-refractivity contribution in [1.82, 2.24) is 20.2 Å². The van der Waals surface area contributed by atoms with Gasteiger partial charge in [0.25, 0.3) is 0 Å². The molecule has 0 fully saturated rings. The maximum atomic E-state index is 11.7. The Morgan fingerprint density at radius 3 is 3.00 bits per heavy atom. The predicted molar refractivity (Wildman–Crippen MR) is 67.3 cm³/mol. The first kappa shape index (κ1) is 12.5. The van der Waals surface area contributed by atoms with Crippen molar-refractivity contribution < 1.29 is 4.79 Å². The largest absolute Gasteiger partial charge is 0.326 e. The van der Waals surface area contributed by atoms with Gasteiger partial charge in [0, 0.05) is 17.1 Å². The Hall–Kier alpha value is -1.95. The highest BCUT2D eigenvalue weighted by Gasteiger charge is 2.05. The van der Waals surface area contributed by atoms with Crippen LogP contribution in [0.1, 0.15) is 12.2 Å². The molecule has 0 unspecified atom stereocenters. The van der Waals surface area contributed by atoms with E-state index in [1.165, 1.54) is 0 Å². The van der Waals surface area contributed by atoms with Crippen LogP contribution < -0.4 is 5.32 Å². The Morgan fingerprint density at radius 2 is 2.33 bits per heavy atom. The lowest BCUT2D eigenvalue weighted by atomic mass is 10.3. The third-order valence-corrected chi connectivity index (χ3v) is 2.61. The Labute approximate surface area is 109 Å². The highest BCUT2D eigenvalue weighted by molar-refractivity contribution is 6.30. The molecular formula is C11H12ClN5O. The summed E-state index contributed by atoms with van der Waals surface area (Å²) in [4.78, 5) is 11.7. The SMILES string of the molecule is Cc1nnnn1CCC(=O)Nc1cccc(Cl)c1. The first-order valence-electron chi connectivity index (χ1n) is 5.43. The molecule has 0 saturated heterocycles. The number of aromatic nitrogens is 4. The summed E-state index contributed by atoms with van der Waals surface area (Å²) in [6, 6.07) is 7.01. The van der Waals surface area contributed by atoms with Gasteiger partial charge in [-0.1, -0.05) is 17.7 Å². The van der Waals surface area contributed by atoms with Crippen LogP contribution in [0.5, 0.6) is 0 Å². The average Bonchev–Trinajstić information content (AvgIpc) is 2.72. The number of amides is 1. The van der Waals surface area contributed by atoms with E-state index in [1.54, 1.807) is 35.9 Å². The van der Waals surface area contributed by atoms with Crippen molar-refractivity contribution in [2.24, 2.45) is 0 Å². The molecule has 0 aliphatic carbocycles. The lowest BCUT2D eigenvalue weighted by Gasteiger charge is -2.05. The number of carbonyl (C=O) groups is 1. The molecule has 94 valence electrons. The topological polar surface area (TPSA) is 72.7 Å². The Balaban J connectivity index is 1.88. The summed E-state index contributed by atoms with van der Waals surface area (Å²) in [5.74, 6) is 0.581. The summed E-state index contributed by atoms with van der Waals surface area (Å²) in [7, 11) is 0. The van der Waals surface area contributed by atoms with Gasteiger partial charge in [0.05, 0.1) is 6.54 Å². The van der Waals surface area contributed by atoms with Gasteiger partial charge < -0.3 is 5.32 Å². The van der Waals surface area contributed by atoms with E-state index in [4.69, 9.17) is 11.6 Å². The highest BCUT2D eigenvalue weighted by atomic mass is 35.5. The lowest BCUT2D eigenvalue weighted by molar-refractivity contribution is -0.116. The molecule has 0 radical (unpaired) electrons. The van der Waals surface area contributed by atoms with E-state index < -0.39 is 0 Å². The zero-order valence-corrected chi connectivity index (χ0v) is 10.6. The monoisotopic (exact) mass is 265 g/mol. The van der Waals surface area contributed by atoms with Crippen LogP contribution in [0.4, 0.5) is 5.69 Å². The van der Waals surface area contributed by atoms with E-state index in [9.17, 15) is 4.79 Å². The number of hydrogen-bond acceptors (Lipinski definition) is 4. The van der Waals surface area contributed by atoms with Gasteiger partial charge in [-0.2, -0.15) is 0 Å². The maximum Gasteiger partial charge on any atom is 0.226 e. The second kappa shape index (κ2) is 5.59. The average molecular weight is 266 g/mol. The summed E-state index contributed by atoms with van der Waals surface area (Å²) >= 11 is 5.83. The van der Waals surface area contributed by atoms with Crippen molar-refractivity contribution in [3.8, 4) is 0 Å². The number of halogens is 1. The molecule has 1 heterocycles. The van der Waals surface area contributed by atoms with Crippen molar-refractivity contribution in [3.05, 3.63) is 35.1 Å². The first-order chi connectivity index (χ1) is 8.65. The highest BCUT2D eigenvalue weighted by Crippen LogP contribution is 2.14. The molecule has 2 rings (SSSR count). The zero-order valence-electron chi connectivity index (χ0n) is 9.80. The summed E-state index contributed by atoms with van der Waals surface area (Å²) < 4.78 is 1.58. The second-order valence-electron chi connectivity index (χ2n) is 3.76. The summed E-state index contributed by atoms with van der Waals surface area (Å²) in [5.41, 5.74) is 0.681. The van der Waals surface area contributed by atoms with Gasteiger partial charge in [-0.25, -0.2) is 4.68 Å². The minimum Gasteiger partial charge on any atom is -0.326 e. The molecule has 0 aliphatic heterocycles. The van der Waals surface area contributed by atoms with E-state index in [2.05, 4.69) is 20.8 Å². The van der Waals surface area contributed by atoms with E-state index >= 15 is 0 Å². The molecule has 0 spiro atoms. The van der Waals surface area contributed by atoms with Gasteiger partial charge in [-0.3, -0.25) is 4.79 Å². The molecule has 0 aliphatic rings. The fourth-order valence-electron chi connectivity index (χ4n) is 1.45. The van der Waals surface area contributed by atoms with E-state index in [1.807, 2.05) is 0 Å². The molecule has 0 bridgehead atoms. The molecule has 7 heteroatoms. The standard InChI is InChI=1S/C11H12ClN5O/c1-8-14-15-16-17(8)6-5-11(18)13-10-4-2-3-9(12)7-10/h2-4,7H,5-6H2,1H3,(H,13,18). The summed E-state index contributed by atoms with van der Waals surface area (Å²) in [5, 5.41) is 14.4. The van der Waals surface area contributed by atoms with Crippen molar-refractivity contribution in [2.75, 3.05) is 5.32 Å². The van der Waals surface area contributed by atoms with Crippen LogP contribution in [-0.4, -0.2) is 26.1 Å². The van der Waals surface area contributed by atoms with Crippen LogP contribution in [-0.2, 0) is 11.3 Å². The normalized spacial score (nSPS) is 10.3. The minimum absolute atomic E-state index is 0.104. The Kier molecular flexibility index (Phi) is 3.88. The number of nitrogens with zero attached hydrogens (tertiary/aromatic N) is 4. The number of anilines is 1. The maximum absolute atomic E-state index is 11.7. The summed E-state index contributed by atoms with van der Waals surface area (Å²) in [6.07, 6.45) is 0.304. The Bertz CT molecular complexity index is 554. The molecule has 2 aromatic rings. The first-order valence-corrected chi connectivity index (χ1v) is 5.81. The van der Waals surface area contributed by atoms with Crippen molar-refractivity contribution in [1.29, 1.82) is 0 Å². The van der Waals surface area contributed by atoms with Gasteiger partial charge >= 0.3 is 0 Å². The number of nitrogens with one attached hydrogen (secondary N) is 1. The van der Waals surface area contributed by atoms with Crippen LogP contribution in [0, 0.1) is 6.92 Å². The van der Waals surface area contributed by atoms with Gasteiger partial charge in [0.2, 0.25) is 5.91 Å². The number of tetrazole rings is 1. The third kappa shape index (κ3) is 3.27. The van der Waals surface area contributed by atoms with Gasteiger partial charge in [-0.15, -0.1) is 5.10 Å². The minimum atomic E-state index is -0.104. The lowest BCUT2D eigenvalue weighted by Crippen LogP contribution is -2.15. The van der Waals surface area contributed by atoms with Crippen LogP contribution in [0.25, 0.3) is 0 Å². The molecule has 18 heavy (non-hydrogen) atoms. The molecule has 1 aromatic carbocycles. The van der Waals surface area contributed by atoms with Crippen molar-refractivity contribution in [3.63, 3.8) is 0 Å². The second-order valence-corrected chi connectivity index (χ2v) is 4.19. The van der Waals surface area contributed by atoms with Crippen molar-refractivity contribution >= 4 is 23.2 Å². The molecule has 0 saturated carbocycles. The number of hydrogen-bond donors (Lipinski definition) is 1. The van der Waals surface area contributed by atoms with Crippen LogP contribution >= 0.6 is 11.6 Å². The molecule has 1 amide bonds. The van der Waals surface area contributed by atoms with Crippen LogP contribution in [0.2, 0.25) is 5.02 Å². The number of rotatable bonds is 4. The molecule has 1 aromatic heterocycles. The van der Waals surface area contributed by atoms with Gasteiger partial charge in [0.15, 0.2) is 0 Å². The fraction of sp³-hybridized carbons (Fsp3) is 0.273. The zero-order chi connectivity index (χ0) is 13.0. The Morgan fingerprint density at radius 1 is 1.50 bits per heavy atom. The number of carbonyl (C=O) groups excluding carboxylic acids is 1. The predicted octanol–water partition coefficient (Wildman–Crippen LogP) is 1.66. The molecule has 1 N–H and O–H groups in total. The van der Waals surface area contributed by atoms with Crippen molar-refractivity contribution in [2.45, 2.75) is 19.9 Å². The number of aryl methyl sites for hydroxylation is 2. The van der Waals surface area contributed by atoms with E-state index in [0.717, 1.165) is 0 Å². The third-order valence-electron chi connectivity index (χ3n) is 2.37. The number of benzene rings is 1. The van der Waals surface area contributed by atoms with Crippen LogP contribution in [0.15, 0.2) is 24.3 Å². The molecular weight excluding hydrogens is 254 g/mol. The molecule has 6 nitrogen and oxygen atoms in total. The molecule has 0 atom stereocenters. The van der Waals surface area contributed by atoms with E-state index in [-0.39, 0.29) is 5.91 Å². The van der Waals surface area contributed by atoms with E-state index in [0.29, 0.717) is 29.5 Å². The summed E-state index contributed by atoms with van der Waals surface area (Å²) in [6.45, 7) is 2.24. The van der Waals surface area contributed by atoms with Gasteiger partial charge in [-0.05, 0) is 35.5 Å². The smallest absolute Gasteiger partial charge is 0.226 e. The van der Waals surface area contributed by atoms with Crippen LogP contribution in [0.3, 0.4) is 0 Å².